The molecule has 2 bridgehead atoms. The van der Waals surface area contributed by atoms with Gasteiger partial charge in [0, 0.05) is 31.3 Å². The van der Waals surface area contributed by atoms with E-state index in [0.717, 1.165) is 58.9 Å². The molecule has 0 unspecified atom stereocenters. The average molecular weight is 682 g/mol. The van der Waals surface area contributed by atoms with Crippen LogP contribution in [-0.2, 0) is 22.7 Å². The third-order valence-electron chi connectivity index (χ3n) is 9.06. The number of hydrogen-bond donors (Lipinski definition) is 1. The number of benzene rings is 2. The number of aliphatic hydroxyl groups excluding tert-OH is 1. The molecule has 3 saturated heterocycles. The molecule has 1 saturated carbocycles. The minimum absolute atomic E-state index is 0.00420. The number of nitrogens with zero attached hydrogens (tertiary/aromatic N) is 4. The molecule has 1 N–H and O–H groups in total. The number of likely N-dealkylation sites (tertiary alicyclic amines) is 1. The number of anilines is 1. The molecule has 45 heavy (non-hydrogen) atoms. The molecule has 4 aliphatic rings. The first-order valence-electron chi connectivity index (χ1n) is 16.0. The summed E-state index contributed by atoms with van der Waals surface area (Å²) in [4.78, 5) is 27.3. The van der Waals surface area contributed by atoms with Gasteiger partial charge < -0.3 is 33.9 Å². The van der Waals surface area contributed by atoms with Gasteiger partial charge in [0.15, 0.2) is 5.75 Å². The minimum atomic E-state index is -0.540. The van der Waals surface area contributed by atoms with Crippen molar-refractivity contribution in [1.29, 1.82) is 0 Å². The SMILES string of the molecule is CC(C)(C)OC(=O)N1C[C@@H]2C[C@H]1CN2c1nc(OC2CCOCC2)nc2c(OCc3ccc(CO)cc3)c(Br)c(C3CC3)cc12. The van der Waals surface area contributed by atoms with Gasteiger partial charge >= 0.3 is 12.1 Å². The Labute approximate surface area is 272 Å². The first-order valence-corrected chi connectivity index (χ1v) is 16.8. The highest BCUT2D eigenvalue weighted by atomic mass is 79.9. The summed E-state index contributed by atoms with van der Waals surface area (Å²) in [5.74, 6) is 1.96. The third-order valence-corrected chi connectivity index (χ3v) is 9.88. The average Bonchev–Trinajstić information content (AvgIpc) is 3.66. The van der Waals surface area contributed by atoms with Gasteiger partial charge in [0.05, 0.1) is 36.4 Å². The Morgan fingerprint density at radius 1 is 1.04 bits per heavy atom. The van der Waals surface area contributed by atoms with Crippen LogP contribution in [0.25, 0.3) is 10.9 Å². The van der Waals surface area contributed by atoms with Crippen molar-refractivity contribution in [1.82, 2.24) is 14.9 Å². The molecular weight excluding hydrogens is 640 g/mol. The molecule has 4 heterocycles. The van der Waals surface area contributed by atoms with E-state index in [2.05, 4.69) is 26.9 Å². The van der Waals surface area contributed by atoms with Crippen LogP contribution in [0, 0.1) is 0 Å². The van der Waals surface area contributed by atoms with E-state index in [-0.39, 0.29) is 30.9 Å². The lowest BCUT2D eigenvalue weighted by atomic mass is 10.1. The van der Waals surface area contributed by atoms with Crippen LogP contribution in [0.4, 0.5) is 10.6 Å². The number of aromatic nitrogens is 2. The van der Waals surface area contributed by atoms with Crippen LogP contribution in [0.15, 0.2) is 34.8 Å². The highest BCUT2D eigenvalue weighted by Crippen LogP contribution is 2.50. The maximum Gasteiger partial charge on any atom is 0.410 e. The predicted molar refractivity (Wildman–Crippen MR) is 173 cm³/mol. The lowest BCUT2D eigenvalue weighted by molar-refractivity contribution is 0.0206. The first-order chi connectivity index (χ1) is 21.7. The van der Waals surface area contributed by atoms with Gasteiger partial charge in [-0.3, -0.25) is 0 Å². The van der Waals surface area contributed by atoms with Crippen LogP contribution in [0.1, 0.15) is 75.5 Å². The summed E-state index contributed by atoms with van der Waals surface area (Å²) in [6.07, 6.45) is 4.42. The van der Waals surface area contributed by atoms with Crippen molar-refractivity contribution < 1.29 is 28.8 Å². The van der Waals surface area contributed by atoms with E-state index in [9.17, 15) is 9.90 Å². The van der Waals surface area contributed by atoms with Gasteiger partial charge in [0.25, 0.3) is 0 Å². The fourth-order valence-corrected chi connectivity index (χ4v) is 7.34. The number of carbonyl (C=O) groups excluding carboxylic acids is 1. The fraction of sp³-hybridized carbons (Fsp3) is 0.559. The summed E-state index contributed by atoms with van der Waals surface area (Å²) in [6, 6.07) is 10.5. The van der Waals surface area contributed by atoms with E-state index in [1.165, 1.54) is 5.56 Å². The lowest BCUT2D eigenvalue weighted by Crippen LogP contribution is -2.50. The van der Waals surface area contributed by atoms with E-state index < -0.39 is 5.60 Å². The summed E-state index contributed by atoms with van der Waals surface area (Å²) in [5.41, 5.74) is 3.23. The van der Waals surface area contributed by atoms with Crippen LogP contribution in [0.2, 0.25) is 0 Å². The molecule has 1 aliphatic carbocycles. The number of carbonyl (C=O) groups is 1. The Bertz CT molecular complexity index is 1570. The Morgan fingerprint density at radius 2 is 1.78 bits per heavy atom. The molecular formula is C34H41BrN4O6. The Balaban J connectivity index is 1.26. The number of aliphatic hydroxyl groups is 1. The molecule has 4 fully saturated rings. The first kappa shape index (κ1) is 30.5. The lowest BCUT2D eigenvalue weighted by Gasteiger charge is -2.36. The number of fused-ring (bicyclic) bond motifs is 3. The Morgan fingerprint density at radius 3 is 2.42 bits per heavy atom. The van der Waals surface area contributed by atoms with Gasteiger partial charge in [0.1, 0.15) is 29.6 Å². The van der Waals surface area contributed by atoms with Gasteiger partial charge in [-0.2, -0.15) is 9.97 Å². The summed E-state index contributed by atoms with van der Waals surface area (Å²) in [5, 5.41) is 10.4. The molecule has 3 aliphatic heterocycles. The molecule has 10 nitrogen and oxygen atoms in total. The summed E-state index contributed by atoms with van der Waals surface area (Å²) < 4.78 is 25.2. The highest BCUT2D eigenvalue weighted by Gasteiger charge is 2.48. The minimum Gasteiger partial charge on any atom is -0.485 e. The van der Waals surface area contributed by atoms with E-state index in [0.29, 0.717) is 56.1 Å². The Kier molecular flexibility index (Phi) is 8.29. The largest absolute Gasteiger partial charge is 0.485 e. The van der Waals surface area contributed by atoms with Crippen molar-refractivity contribution in [3.63, 3.8) is 0 Å². The highest BCUT2D eigenvalue weighted by molar-refractivity contribution is 9.10. The zero-order valence-corrected chi connectivity index (χ0v) is 27.7. The molecule has 2 aromatic carbocycles. The standard InChI is InChI=1S/C34H41BrN4O6/c1-34(2,3)45-33(41)39-17-23-14-24(39)16-38(23)31-27-15-26(22-8-9-22)28(35)30(43-19-21-6-4-20(18-40)5-7-21)29(27)36-32(37-31)44-25-10-12-42-13-11-25/h4-7,15,22-25,40H,8-14,16-19H2,1-3H3/t23-,24-/m0/s1. The molecule has 0 radical (unpaired) electrons. The second-order valence-electron chi connectivity index (χ2n) is 13.6. The van der Waals surface area contributed by atoms with E-state index >= 15 is 0 Å². The summed E-state index contributed by atoms with van der Waals surface area (Å²) in [6.45, 7) is 8.61. The molecule has 1 amide bonds. The van der Waals surface area contributed by atoms with Crippen LogP contribution < -0.4 is 14.4 Å². The van der Waals surface area contributed by atoms with Crippen molar-refractivity contribution in [2.24, 2.45) is 0 Å². The van der Waals surface area contributed by atoms with E-state index in [1.807, 2.05) is 49.9 Å². The fourth-order valence-electron chi connectivity index (χ4n) is 6.60. The van der Waals surface area contributed by atoms with Crippen molar-refractivity contribution in [2.75, 3.05) is 31.2 Å². The molecule has 1 aromatic heterocycles. The Hall–Kier alpha value is -3.15. The zero-order chi connectivity index (χ0) is 31.3. The van der Waals surface area contributed by atoms with Crippen molar-refractivity contribution in [2.45, 2.75) is 95.8 Å². The molecule has 2 atom stereocenters. The molecule has 7 rings (SSSR count). The van der Waals surface area contributed by atoms with Crippen LogP contribution in [0.5, 0.6) is 11.8 Å². The van der Waals surface area contributed by atoms with Gasteiger partial charge in [-0.25, -0.2) is 4.79 Å². The number of rotatable bonds is 8. The van der Waals surface area contributed by atoms with E-state index in [1.54, 1.807) is 0 Å². The van der Waals surface area contributed by atoms with Crippen LogP contribution >= 0.6 is 15.9 Å². The number of ether oxygens (including phenoxy) is 4. The molecule has 3 aromatic rings. The second-order valence-corrected chi connectivity index (χ2v) is 14.4. The second kappa shape index (κ2) is 12.2. The number of amides is 1. The number of halogens is 1. The maximum absolute atomic E-state index is 13.0. The topological polar surface area (TPSA) is 106 Å². The van der Waals surface area contributed by atoms with Gasteiger partial charge in [0.2, 0.25) is 0 Å². The molecule has 11 heteroatoms. The zero-order valence-electron chi connectivity index (χ0n) is 26.1. The molecule has 240 valence electrons. The summed E-state index contributed by atoms with van der Waals surface area (Å²) >= 11 is 3.90. The number of hydrogen-bond acceptors (Lipinski definition) is 9. The van der Waals surface area contributed by atoms with E-state index in [4.69, 9.17) is 28.9 Å². The van der Waals surface area contributed by atoms with Crippen LogP contribution in [-0.4, -0.2) is 76.2 Å². The third kappa shape index (κ3) is 6.44. The quantitative estimate of drug-likeness (QED) is 0.302. The smallest absolute Gasteiger partial charge is 0.410 e. The normalized spacial score (nSPS) is 21.9. The van der Waals surface area contributed by atoms with Crippen molar-refractivity contribution in [3.05, 3.63) is 51.5 Å². The van der Waals surface area contributed by atoms with Crippen LogP contribution in [0.3, 0.4) is 0 Å². The van der Waals surface area contributed by atoms with Crippen molar-refractivity contribution >= 4 is 38.7 Å². The number of piperazine rings is 1. The molecule has 0 spiro atoms. The summed E-state index contributed by atoms with van der Waals surface area (Å²) in [7, 11) is 0. The van der Waals surface area contributed by atoms with Gasteiger partial charge in [-0.15, -0.1) is 0 Å². The van der Waals surface area contributed by atoms with Crippen molar-refractivity contribution in [3.8, 4) is 11.8 Å². The monoisotopic (exact) mass is 680 g/mol. The van der Waals surface area contributed by atoms with Gasteiger partial charge in [-0.1, -0.05) is 24.3 Å². The maximum atomic E-state index is 13.0. The predicted octanol–water partition coefficient (Wildman–Crippen LogP) is 6.10. The van der Waals surface area contributed by atoms with Gasteiger partial charge in [-0.05, 0) is 84.6 Å².